The molecular weight excluding hydrogens is 352 g/mol. The number of nitrogens with one attached hydrogen (secondary N) is 1. The van der Waals surface area contributed by atoms with Crippen molar-refractivity contribution >= 4 is 11.6 Å². The smallest absolute Gasteiger partial charge is 0.273 e. The van der Waals surface area contributed by atoms with Crippen molar-refractivity contribution in [1.29, 1.82) is 0 Å². The minimum Gasteiger partial charge on any atom is -0.457 e. The van der Waals surface area contributed by atoms with Crippen LogP contribution in [0.5, 0.6) is 11.5 Å². The summed E-state index contributed by atoms with van der Waals surface area (Å²) >= 11 is 0. The van der Waals surface area contributed by atoms with Crippen molar-refractivity contribution in [2.45, 2.75) is 45.1 Å². The first kappa shape index (κ1) is 18.2. The first-order valence-electron chi connectivity index (χ1n) is 9.50. The highest BCUT2D eigenvalue weighted by molar-refractivity contribution is 6.03. The zero-order valence-electron chi connectivity index (χ0n) is 16.3. The van der Waals surface area contributed by atoms with Crippen molar-refractivity contribution in [3.8, 4) is 11.5 Å². The minimum absolute atomic E-state index is 0.155. The zero-order valence-corrected chi connectivity index (χ0v) is 16.3. The minimum atomic E-state index is -0.262. The Morgan fingerprint density at radius 2 is 1.71 bits per heavy atom. The van der Waals surface area contributed by atoms with Crippen LogP contribution in [0.1, 0.15) is 55.7 Å². The van der Waals surface area contributed by atoms with Gasteiger partial charge in [0.1, 0.15) is 17.2 Å². The molecule has 1 amide bonds. The van der Waals surface area contributed by atoms with Gasteiger partial charge >= 0.3 is 0 Å². The fourth-order valence-electron chi connectivity index (χ4n) is 2.99. The molecule has 1 aliphatic rings. The van der Waals surface area contributed by atoms with Gasteiger partial charge in [-0.3, -0.25) is 14.5 Å². The van der Waals surface area contributed by atoms with Crippen LogP contribution in [-0.4, -0.2) is 20.7 Å². The number of anilines is 1. The SMILES string of the molecule is CC(C)(C)n1nc(C2CC2)cc1C(=O)Nc1ccc(Oc2ccncc2)cc1. The molecule has 1 saturated carbocycles. The summed E-state index contributed by atoms with van der Waals surface area (Å²) in [6.45, 7) is 6.16. The normalized spacial score (nSPS) is 14.0. The Morgan fingerprint density at radius 3 is 2.32 bits per heavy atom. The highest BCUT2D eigenvalue weighted by atomic mass is 16.5. The number of amides is 1. The molecule has 0 unspecified atom stereocenters. The number of aromatic nitrogens is 3. The Balaban J connectivity index is 1.49. The lowest BCUT2D eigenvalue weighted by molar-refractivity contribution is 0.100. The standard InChI is InChI=1S/C22H24N4O2/c1-22(2,3)26-20(14-19(25-26)15-4-5-15)21(27)24-16-6-8-17(9-7-16)28-18-10-12-23-13-11-18/h6-15H,4-5H2,1-3H3,(H,24,27). The quantitative estimate of drug-likeness (QED) is 0.684. The second kappa shape index (κ2) is 7.11. The van der Waals surface area contributed by atoms with E-state index in [1.165, 1.54) is 0 Å². The summed E-state index contributed by atoms with van der Waals surface area (Å²) in [6, 6.07) is 12.8. The maximum atomic E-state index is 12.9. The third kappa shape index (κ3) is 4.06. The van der Waals surface area contributed by atoms with Crippen LogP contribution in [0.4, 0.5) is 5.69 Å². The third-order valence-electron chi connectivity index (χ3n) is 4.59. The fraction of sp³-hybridized carbons (Fsp3) is 0.318. The molecule has 1 aromatic carbocycles. The van der Waals surface area contributed by atoms with Crippen LogP contribution in [0.15, 0.2) is 54.9 Å². The van der Waals surface area contributed by atoms with Crippen LogP contribution < -0.4 is 10.1 Å². The van der Waals surface area contributed by atoms with E-state index < -0.39 is 0 Å². The third-order valence-corrected chi connectivity index (χ3v) is 4.59. The lowest BCUT2D eigenvalue weighted by Gasteiger charge is -2.22. The number of rotatable bonds is 5. The Hall–Kier alpha value is -3.15. The highest BCUT2D eigenvalue weighted by Gasteiger charge is 2.31. The number of hydrogen-bond acceptors (Lipinski definition) is 4. The van der Waals surface area contributed by atoms with Gasteiger partial charge in [-0.2, -0.15) is 5.10 Å². The first-order valence-corrected chi connectivity index (χ1v) is 9.50. The van der Waals surface area contributed by atoms with Crippen LogP contribution in [0, 0.1) is 0 Å². The summed E-state index contributed by atoms with van der Waals surface area (Å²) in [5, 5.41) is 7.67. The fourth-order valence-corrected chi connectivity index (χ4v) is 2.99. The molecule has 1 fully saturated rings. The molecule has 144 valence electrons. The van der Waals surface area contributed by atoms with Gasteiger partial charge in [-0.05, 0) is 76.1 Å². The lowest BCUT2D eigenvalue weighted by Crippen LogP contribution is -2.29. The molecule has 28 heavy (non-hydrogen) atoms. The largest absolute Gasteiger partial charge is 0.457 e. The maximum absolute atomic E-state index is 12.9. The number of benzene rings is 1. The van der Waals surface area contributed by atoms with Gasteiger partial charge in [-0.15, -0.1) is 0 Å². The average Bonchev–Trinajstić information content (AvgIpc) is 3.41. The predicted molar refractivity (Wildman–Crippen MR) is 108 cm³/mol. The maximum Gasteiger partial charge on any atom is 0.273 e. The second-order valence-electron chi connectivity index (χ2n) is 8.07. The van der Waals surface area contributed by atoms with Gasteiger partial charge in [0.2, 0.25) is 0 Å². The molecular formula is C22H24N4O2. The van der Waals surface area contributed by atoms with Crippen LogP contribution in [0.25, 0.3) is 0 Å². The summed E-state index contributed by atoms with van der Waals surface area (Å²) in [4.78, 5) is 16.9. The number of nitrogens with zero attached hydrogens (tertiary/aromatic N) is 3. The van der Waals surface area contributed by atoms with E-state index in [1.807, 2.05) is 35.0 Å². The molecule has 0 bridgehead atoms. The Labute approximate surface area is 164 Å². The molecule has 0 saturated heterocycles. The van der Waals surface area contributed by atoms with Crippen molar-refractivity contribution in [2.75, 3.05) is 5.32 Å². The van der Waals surface area contributed by atoms with Gasteiger partial charge in [0, 0.05) is 24.0 Å². The van der Waals surface area contributed by atoms with Crippen molar-refractivity contribution in [1.82, 2.24) is 14.8 Å². The number of pyridine rings is 1. The number of hydrogen-bond donors (Lipinski definition) is 1. The summed E-state index contributed by atoms with van der Waals surface area (Å²) < 4.78 is 7.59. The van der Waals surface area contributed by atoms with Gasteiger partial charge in [-0.1, -0.05) is 0 Å². The lowest BCUT2D eigenvalue weighted by atomic mass is 10.1. The van der Waals surface area contributed by atoms with Crippen molar-refractivity contribution in [3.05, 3.63) is 66.2 Å². The molecule has 2 aromatic heterocycles. The van der Waals surface area contributed by atoms with Gasteiger partial charge in [0.05, 0.1) is 11.2 Å². The van der Waals surface area contributed by atoms with Gasteiger partial charge < -0.3 is 10.1 Å². The topological polar surface area (TPSA) is 69.0 Å². The molecule has 3 aromatic rings. The molecule has 0 atom stereocenters. The number of carbonyl (C=O) groups is 1. The second-order valence-corrected chi connectivity index (χ2v) is 8.07. The van der Waals surface area contributed by atoms with Crippen LogP contribution in [-0.2, 0) is 5.54 Å². The van der Waals surface area contributed by atoms with E-state index in [-0.39, 0.29) is 11.4 Å². The zero-order chi connectivity index (χ0) is 19.7. The summed E-state index contributed by atoms with van der Waals surface area (Å²) in [5.74, 6) is 1.75. The Kier molecular flexibility index (Phi) is 4.63. The molecule has 2 heterocycles. The van der Waals surface area contributed by atoms with Gasteiger partial charge in [0.25, 0.3) is 5.91 Å². The Morgan fingerprint density at radius 1 is 1.07 bits per heavy atom. The summed E-state index contributed by atoms with van der Waals surface area (Å²) in [5.41, 5.74) is 2.05. The molecule has 0 radical (unpaired) electrons. The van der Waals surface area contributed by atoms with Crippen LogP contribution in [0.3, 0.4) is 0 Å². The summed E-state index contributed by atoms with van der Waals surface area (Å²) in [6.07, 6.45) is 5.67. The molecule has 4 rings (SSSR count). The van der Waals surface area contributed by atoms with Crippen molar-refractivity contribution < 1.29 is 9.53 Å². The van der Waals surface area contributed by atoms with Gasteiger partial charge in [0.15, 0.2) is 0 Å². The molecule has 1 N–H and O–H groups in total. The Bertz CT molecular complexity index is 968. The van der Waals surface area contributed by atoms with Gasteiger partial charge in [-0.25, -0.2) is 0 Å². The molecule has 0 spiro atoms. The van der Waals surface area contributed by atoms with E-state index in [1.54, 1.807) is 24.5 Å². The van der Waals surface area contributed by atoms with Crippen molar-refractivity contribution in [3.63, 3.8) is 0 Å². The average molecular weight is 376 g/mol. The van der Waals surface area contributed by atoms with E-state index in [2.05, 4.69) is 31.1 Å². The predicted octanol–water partition coefficient (Wildman–Crippen LogP) is 4.96. The highest BCUT2D eigenvalue weighted by Crippen LogP contribution is 2.40. The van der Waals surface area contributed by atoms with E-state index in [9.17, 15) is 4.79 Å². The first-order chi connectivity index (χ1) is 13.4. The number of ether oxygens (including phenoxy) is 1. The van der Waals surface area contributed by atoms with E-state index in [4.69, 9.17) is 9.84 Å². The van der Waals surface area contributed by atoms with Crippen LogP contribution >= 0.6 is 0 Å². The molecule has 1 aliphatic carbocycles. The van der Waals surface area contributed by atoms with Crippen molar-refractivity contribution in [2.24, 2.45) is 0 Å². The summed E-state index contributed by atoms with van der Waals surface area (Å²) in [7, 11) is 0. The molecule has 6 heteroatoms. The monoisotopic (exact) mass is 376 g/mol. The van der Waals surface area contributed by atoms with Crippen LogP contribution in [0.2, 0.25) is 0 Å². The number of carbonyl (C=O) groups excluding carboxylic acids is 1. The molecule has 6 nitrogen and oxygen atoms in total. The van der Waals surface area contributed by atoms with E-state index >= 15 is 0 Å². The van der Waals surface area contributed by atoms with E-state index in [0.29, 0.717) is 28.8 Å². The van der Waals surface area contributed by atoms with E-state index in [0.717, 1.165) is 18.5 Å². The molecule has 0 aliphatic heterocycles.